The molecule has 0 spiro atoms. The van der Waals surface area contributed by atoms with Crippen molar-refractivity contribution in [1.29, 1.82) is 0 Å². The molecule has 0 unspecified atom stereocenters. The van der Waals surface area contributed by atoms with E-state index < -0.39 is 5.97 Å². The van der Waals surface area contributed by atoms with Gasteiger partial charge in [0.2, 0.25) is 0 Å². The number of benzene rings is 1. The Morgan fingerprint density at radius 2 is 2.25 bits per heavy atom. The Labute approximate surface area is 91.7 Å². The van der Waals surface area contributed by atoms with E-state index in [4.69, 9.17) is 9.15 Å². The number of carbonyl (C=O) groups excluding carboxylic acids is 1. The van der Waals surface area contributed by atoms with Crippen molar-refractivity contribution in [2.24, 2.45) is 0 Å². The first kappa shape index (κ1) is 10.3. The standard InChI is InChI=1S/C12H10O4/c1-15-9-2-4-11-8(6-9)7-10(16-11)3-5-12(13)14/h2-7H,1H3,(H,13,14)/p-1/b5-3+. The normalized spacial score (nSPS) is 11.1. The summed E-state index contributed by atoms with van der Waals surface area (Å²) in [7, 11) is 1.58. The van der Waals surface area contributed by atoms with Crippen molar-refractivity contribution in [3.63, 3.8) is 0 Å². The summed E-state index contributed by atoms with van der Waals surface area (Å²) in [6, 6.07) is 7.09. The Bertz CT molecular complexity index is 551. The average molecular weight is 217 g/mol. The highest BCUT2D eigenvalue weighted by Gasteiger charge is 2.02. The average Bonchev–Trinajstić information content (AvgIpc) is 2.67. The van der Waals surface area contributed by atoms with Crippen LogP contribution in [0, 0.1) is 0 Å². The summed E-state index contributed by atoms with van der Waals surface area (Å²) in [5.41, 5.74) is 0.679. The van der Waals surface area contributed by atoms with Crippen LogP contribution in [0.4, 0.5) is 0 Å². The molecular weight excluding hydrogens is 208 g/mol. The second kappa shape index (κ2) is 4.10. The number of carbonyl (C=O) groups is 1. The molecule has 0 N–H and O–H groups in total. The van der Waals surface area contributed by atoms with E-state index in [-0.39, 0.29) is 0 Å². The highest BCUT2D eigenvalue weighted by Crippen LogP contribution is 2.24. The van der Waals surface area contributed by atoms with E-state index in [9.17, 15) is 9.90 Å². The van der Waals surface area contributed by atoms with Gasteiger partial charge in [-0.1, -0.05) is 0 Å². The smallest absolute Gasteiger partial charge is 0.135 e. The van der Waals surface area contributed by atoms with Crippen molar-refractivity contribution in [1.82, 2.24) is 0 Å². The monoisotopic (exact) mass is 217 g/mol. The van der Waals surface area contributed by atoms with E-state index in [1.807, 2.05) is 6.07 Å². The first-order valence-corrected chi connectivity index (χ1v) is 4.65. The lowest BCUT2D eigenvalue weighted by atomic mass is 10.2. The van der Waals surface area contributed by atoms with Gasteiger partial charge in [0.15, 0.2) is 0 Å². The van der Waals surface area contributed by atoms with Crippen LogP contribution in [0.15, 0.2) is 34.8 Å². The second-order valence-electron chi connectivity index (χ2n) is 3.20. The molecule has 0 saturated heterocycles. The molecule has 0 saturated carbocycles. The minimum atomic E-state index is -1.25. The van der Waals surface area contributed by atoms with Gasteiger partial charge in [0.1, 0.15) is 17.1 Å². The lowest BCUT2D eigenvalue weighted by Gasteiger charge is -1.96. The van der Waals surface area contributed by atoms with Gasteiger partial charge in [-0.05, 0) is 36.4 Å². The van der Waals surface area contributed by atoms with E-state index in [2.05, 4.69) is 0 Å². The zero-order chi connectivity index (χ0) is 11.5. The maximum Gasteiger partial charge on any atom is 0.135 e. The van der Waals surface area contributed by atoms with Crippen LogP contribution in [0.1, 0.15) is 5.76 Å². The molecule has 0 bridgehead atoms. The molecule has 0 amide bonds. The molecule has 16 heavy (non-hydrogen) atoms. The number of hydrogen-bond donors (Lipinski definition) is 0. The lowest BCUT2D eigenvalue weighted by molar-refractivity contribution is -0.297. The zero-order valence-electron chi connectivity index (χ0n) is 8.60. The van der Waals surface area contributed by atoms with Crippen molar-refractivity contribution in [2.45, 2.75) is 0 Å². The first-order valence-electron chi connectivity index (χ1n) is 4.65. The van der Waals surface area contributed by atoms with Gasteiger partial charge in [-0.25, -0.2) is 0 Å². The van der Waals surface area contributed by atoms with Crippen LogP contribution in [0.3, 0.4) is 0 Å². The molecule has 4 nitrogen and oxygen atoms in total. The summed E-state index contributed by atoms with van der Waals surface area (Å²) in [4.78, 5) is 10.2. The van der Waals surface area contributed by atoms with Gasteiger partial charge in [0, 0.05) is 5.39 Å². The van der Waals surface area contributed by atoms with E-state index in [0.717, 1.165) is 17.2 Å². The van der Waals surface area contributed by atoms with E-state index >= 15 is 0 Å². The van der Waals surface area contributed by atoms with Crippen LogP contribution < -0.4 is 9.84 Å². The summed E-state index contributed by atoms with van der Waals surface area (Å²) in [6.07, 6.45) is 2.27. The van der Waals surface area contributed by atoms with Crippen LogP contribution >= 0.6 is 0 Å². The predicted molar refractivity (Wildman–Crippen MR) is 56.8 cm³/mol. The molecule has 1 aromatic heterocycles. The minimum absolute atomic E-state index is 0.465. The Balaban J connectivity index is 2.40. The quantitative estimate of drug-likeness (QED) is 0.725. The highest BCUT2D eigenvalue weighted by atomic mass is 16.5. The molecule has 2 aromatic rings. The first-order chi connectivity index (χ1) is 7.69. The van der Waals surface area contributed by atoms with Crippen molar-refractivity contribution in [3.05, 3.63) is 36.1 Å². The third-order valence-electron chi connectivity index (χ3n) is 2.13. The number of ether oxygens (including phenoxy) is 1. The summed E-state index contributed by atoms with van der Waals surface area (Å²) < 4.78 is 10.5. The molecule has 1 heterocycles. The third-order valence-corrected chi connectivity index (χ3v) is 2.13. The molecule has 0 aliphatic heterocycles. The number of aliphatic carboxylic acids is 1. The Hall–Kier alpha value is -2.23. The molecule has 0 aliphatic carbocycles. The molecule has 0 aliphatic rings. The van der Waals surface area contributed by atoms with Crippen molar-refractivity contribution in [2.75, 3.05) is 7.11 Å². The molecule has 82 valence electrons. The number of carboxylic acids is 1. The fourth-order valence-electron chi connectivity index (χ4n) is 1.40. The second-order valence-corrected chi connectivity index (χ2v) is 3.20. The van der Waals surface area contributed by atoms with E-state index in [1.165, 1.54) is 6.08 Å². The van der Waals surface area contributed by atoms with Gasteiger partial charge >= 0.3 is 0 Å². The van der Waals surface area contributed by atoms with E-state index in [0.29, 0.717) is 11.3 Å². The fourth-order valence-corrected chi connectivity index (χ4v) is 1.40. The van der Waals surface area contributed by atoms with Gasteiger partial charge < -0.3 is 19.1 Å². The van der Waals surface area contributed by atoms with Crippen molar-refractivity contribution in [3.8, 4) is 5.75 Å². The summed E-state index contributed by atoms with van der Waals surface area (Å²) in [5, 5.41) is 11.1. The van der Waals surface area contributed by atoms with Crippen molar-refractivity contribution >= 4 is 23.0 Å². The molecule has 0 radical (unpaired) electrons. The van der Waals surface area contributed by atoms with Crippen LogP contribution in [-0.2, 0) is 4.79 Å². The molecule has 2 rings (SSSR count). The van der Waals surface area contributed by atoms with Crippen molar-refractivity contribution < 1.29 is 19.1 Å². The Kier molecular flexibility index (Phi) is 2.64. The van der Waals surface area contributed by atoms with Crippen LogP contribution in [0.5, 0.6) is 5.75 Å². The molecule has 0 fully saturated rings. The number of hydrogen-bond acceptors (Lipinski definition) is 4. The summed E-state index contributed by atoms with van der Waals surface area (Å²) in [6.45, 7) is 0. The predicted octanol–water partition coefficient (Wildman–Crippen LogP) is 1.20. The third kappa shape index (κ3) is 2.06. The Morgan fingerprint density at radius 1 is 1.44 bits per heavy atom. The number of carboxylic acid groups (broad SMARTS) is 1. The van der Waals surface area contributed by atoms with Gasteiger partial charge in [-0.3, -0.25) is 0 Å². The van der Waals surface area contributed by atoms with Crippen LogP contribution in [-0.4, -0.2) is 13.1 Å². The van der Waals surface area contributed by atoms with Gasteiger partial charge in [-0.2, -0.15) is 0 Å². The molecule has 0 atom stereocenters. The number of methoxy groups -OCH3 is 1. The van der Waals surface area contributed by atoms with Gasteiger partial charge in [0.05, 0.1) is 13.1 Å². The summed E-state index contributed by atoms with van der Waals surface area (Å²) >= 11 is 0. The van der Waals surface area contributed by atoms with E-state index in [1.54, 1.807) is 25.3 Å². The number of fused-ring (bicyclic) bond motifs is 1. The largest absolute Gasteiger partial charge is 0.545 e. The van der Waals surface area contributed by atoms with Crippen LogP contribution in [0.25, 0.3) is 17.0 Å². The number of furan rings is 1. The fraction of sp³-hybridized carbons (Fsp3) is 0.0833. The topological polar surface area (TPSA) is 62.5 Å². The molecular formula is C12H9O4-. The Morgan fingerprint density at radius 3 is 2.94 bits per heavy atom. The van der Waals surface area contributed by atoms with Crippen LogP contribution in [0.2, 0.25) is 0 Å². The lowest BCUT2D eigenvalue weighted by Crippen LogP contribution is -2.18. The maximum atomic E-state index is 10.2. The minimum Gasteiger partial charge on any atom is -0.545 e. The molecule has 4 heteroatoms. The SMILES string of the molecule is COc1ccc2oc(/C=C/C(=O)[O-])cc2c1. The maximum absolute atomic E-state index is 10.2. The zero-order valence-corrected chi connectivity index (χ0v) is 8.60. The van der Waals surface area contributed by atoms with Gasteiger partial charge in [0.25, 0.3) is 0 Å². The highest BCUT2D eigenvalue weighted by molar-refractivity contribution is 5.86. The summed E-state index contributed by atoms with van der Waals surface area (Å²) in [5.74, 6) is -0.0609. The molecule has 1 aromatic carbocycles. The van der Waals surface area contributed by atoms with Gasteiger partial charge in [-0.15, -0.1) is 0 Å². The number of rotatable bonds is 3.